The predicted molar refractivity (Wildman–Crippen MR) is 56.8 cm³/mol. The molecular weight excluding hydrogens is 206 g/mol. The number of aromatic nitrogens is 3. The third kappa shape index (κ3) is 2.66. The first kappa shape index (κ1) is 10.4. The predicted octanol–water partition coefficient (Wildman–Crippen LogP) is 0.815. The van der Waals surface area contributed by atoms with E-state index in [1.807, 2.05) is 0 Å². The van der Waals surface area contributed by atoms with Gasteiger partial charge in [0.15, 0.2) is 0 Å². The lowest BCUT2D eigenvalue weighted by molar-refractivity contribution is 0.291. The zero-order valence-corrected chi connectivity index (χ0v) is 8.54. The summed E-state index contributed by atoms with van der Waals surface area (Å²) in [6, 6.07) is 6.80. The second-order valence-electron chi connectivity index (χ2n) is 3.13. The fourth-order valence-corrected chi connectivity index (χ4v) is 1.22. The van der Waals surface area contributed by atoms with Crippen LogP contribution in [0.2, 0.25) is 0 Å². The lowest BCUT2D eigenvalue weighted by Gasteiger charge is -2.05. The van der Waals surface area contributed by atoms with Crippen LogP contribution in [-0.4, -0.2) is 27.7 Å². The molecule has 1 aromatic heterocycles. The summed E-state index contributed by atoms with van der Waals surface area (Å²) in [5.74, 6) is 0.721. The van der Waals surface area contributed by atoms with Crippen LogP contribution in [-0.2, 0) is 11.3 Å². The van der Waals surface area contributed by atoms with E-state index in [9.17, 15) is 4.79 Å². The molecule has 1 radical (unpaired) electrons. The second kappa shape index (κ2) is 5.06. The van der Waals surface area contributed by atoms with Crippen molar-refractivity contribution in [2.45, 2.75) is 6.54 Å². The van der Waals surface area contributed by atoms with Gasteiger partial charge in [0.05, 0.1) is 6.54 Å². The quantitative estimate of drug-likeness (QED) is 0.742. The zero-order valence-electron chi connectivity index (χ0n) is 8.54. The molecule has 0 bridgehead atoms. The first-order chi connectivity index (χ1) is 7.88. The van der Waals surface area contributed by atoms with E-state index in [0.29, 0.717) is 18.7 Å². The normalized spacial score (nSPS) is 10.0. The maximum atomic E-state index is 10.3. The molecule has 0 unspecified atom stereocenters. The van der Waals surface area contributed by atoms with Crippen LogP contribution in [0.25, 0.3) is 0 Å². The molecule has 5 heteroatoms. The molecule has 1 heterocycles. The van der Waals surface area contributed by atoms with Gasteiger partial charge < -0.3 is 4.74 Å². The Morgan fingerprint density at radius 2 is 2.12 bits per heavy atom. The topological polar surface area (TPSA) is 57.0 Å². The minimum Gasteiger partial charge on any atom is -0.492 e. The average molecular weight is 216 g/mol. The van der Waals surface area contributed by atoms with Gasteiger partial charge in [-0.2, -0.15) is 5.10 Å². The number of nitrogens with zero attached hydrogens (tertiary/aromatic N) is 3. The van der Waals surface area contributed by atoms with Gasteiger partial charge in [-0.1, -0.05) is 0 Å². The summed E-state index contributed by atoms with van der Waals surface area (Å²) in [6.07, 6.45) is 4.92. The lowest BCUT2D eigenvalue weighted by atomic mass is 10.2. The summed E-state index contributed by atoms with van der Waals surface area (Å²) >= 11 is 0. The molecule has 0 N–H and O–H groups in total. The van der Waals surface area contributed by atoms with E-state index in [4.69, 9.17) is 4.74 Å². The maximum Gasteiger partial charge on any atom is 0.233 e. The average Bonchev–Trinajstić information content (AvgIpc) is 2.83. The van der Waals surface area contributed by atoms with E-state index in [2.05, 4.69) is 10.1 Å². The van der Waals surface area contributed by atoms with Crippen molar-refractivity contribution in [1.29, 1.82) is 0 Å². The molecule has 81 valence electrons. The minimum absolute atomic E-state index is 0.507. The van der Waals surface area contributed by atoms with Crippen LogP contribution in [0.3, 0.4) is 0 Å². The molecule has 0 aliphatic rings. The van der Waals surface area contributed by atoms with Gasteiger partial charge >= 0.3 is 0 Å². The molecule has 2 rings (SSSR count). The minimum atomic E-state index is 0.507. The highest BCUT2D eigenvalue weighted by Gasteiger charge is 1.96. The van der Waals surface area contributed by atoms with Crippen molar-refractivity contribution in [3.63, 3.8) is 0 Å². The molecule has 5 nitrogen and oxygen atoms in total. The van der Waals surface area contributed by atoms with Gasteiger partial charge in [0, 0.05) is 5.56 Å². The summed E-state index contributed by atoms with van der Waals surface area (Å²) in [5, 5.41) is 3.95. The molecule has 2 aromatic rings. The Hall–Kier alpha value is -2.17. The fraction of sp³-hybridized carbons (Fsp3) is 0.182. The number of carbonyl (C=O) groups excluding carboxylic acids is 1. The van der Waals surface area contributed by atoms with E-state index in [0.717, 1.165) is 5.75 Å². The van der Waals surface area contributed by atoms with Crippen LogP contribution in [0.15, 0.2) is 36.9 Å². The monoisotopic (exact) mass is 216 g/mol. The Morgan fingerprint density at radius 3 is 2.75 bits per heavy atom. The van der Waals surface area contributed by atoms with E-state index < -0.39 is 0 Å². The van der Waals surface area contributed by atoms with E-state index >= 15 is 0 Å². The van der Waals surface area contributed by atoms with Gasteiger partial charge in [0.1, 0.15) is 25.0 Å². The van der Waals surface area contributed by atoms with Crippen molar-refractivity contribution < 1.29 is 9.53 Å². The van der Waals surface area contributed by atoms with Crippen LogP contribution in [0.4, 0.5) is 0 Å². The van der Waals surface area contributed by atoms with Crippen LogP contribution >= 0.6 is 0 Å². The second-order valence-corrected chi connectivity index (χ2v) is 3.13. The Balaban J connectivity index is 1.83. The van der Waals surface area contributed by atoms with Crippen molar-refractivity contribution in [2.75, 3.05) is 6.61 Å². The van der Waals surface area contributed by atoms with Crippen LogP contribution in [0, 0.1) is 0 Å². The van der Waals surface area contributed by atoms with E-state index in [1.54, 1.807) is 41.6 Å². The highest BCUT2D eigenvalue weighted by molar-refractivity contribution is 5.75. The molecule has 0 aliphatic carbocycles. The molecule has 0 aliphatic heterocycles. The van der Waals surface area contributed by atoms with Crippen LogP contribution in [0.5, 0.6) is 5.75 Å². The molecule has 16 heavy (non-hydrogen) atoms. The van der Waals surface area contributed by atoms with Gasteiger partial charge in [-0.25, -0.2) is 9.67 Å². The molecule has 0 saturated heterocycles. The molecule has 0 atom stereocenters. The fourth-order valence-electron chi connectivity index (χ4n) is 1.22. The standard InChI is InChI=1S/C11H10N3O2/c15-7-10-1-3-11(4-2-10)16-6-5-14-9-12-8-13-14/h1-4,8-9H,5-6H2. The first-order valence-electron chi connectivity index (χ1n) is 4.82. The molecular formula is C11H10N3O2. The smallest absolute Gasteiger partial charge is 0.233 e. The third-order valence-electron chi connectivity index (χ3n) is 2.03. The molecule has 1 aromatic carbocycles. The number of rotatable bonds is 5. The third-order valence-corrected chi connectivity index (χ3v) is 2.03. The van der Waals surface area contributed by atoms with Crippen molar-refractivity contribution in [1.82, 2.24) is 14.8 Å². The Labute approximate surface area is 92.7 Å². The molecule has 0 fully saturated rings. The molecule has 0 amide bonds. The maximum absolute atomic E-state index is 10.3. The van der Waals surface area contributed by atoms with Crippen LogP contribution in [0.1, 0.15) is 5.56 Å². The van der Waals surface area contributed by atoms with E-state index in [-0.39, 0.29) is 0 Å². The summed E-state index contributed by atoms with van der Waals surface area (Å²) in [7, 11) is 0. The number of hydrogen-bond acceptors (Lipinski definition) is 4. The van der Waals surface area contributed by atoms with Crippen molar-refractivity contribution in [3.05, 3.63) is 42.5 Å². The van der Waals surface area contributed by atoms with Crippen molar-refractivity contribution in [2.24, 2.45) is 0 Å². The first-order valence-corrected chi connectivity index (χ1v) is 4.82. The van der Waals surface area contributed by atoms with E-state index in [1.165, 1.54) is 6.33 Å². The van der Waals surface area contributed by atoms with Gasteiger partial charge in [0.2, 0.25) is 6.29 Å². The summed E-state index contributed by atoms with van der Waals surface area (Å²) in [4.78, 5) is 14.1. The van der Waals surface area contributed by atoms with Crippen LogP contribution < -0.4 is 4.74 Å². The Bertz CT molecular complexity index is 437. The number of hydrogen-bond donors (Lipinski definition) is 0. The highest BCUT2D eigenvalue weighted by atomic mass is 16.5. The summed E-state index contributed by atoms with van der Waals surface area (Å²) in [6.45, 7) is 1.15. The zero-order chi connectivity index (χ0) is 11.2. The summed E-state index contributed by atoms with van der Waals surface area (Å²) in [5.41, 5.74) is 0.517. The van der Waals surface area contributed by atoms with Crippen molar-refractivity contribution in [3.8, 4) is 5.75 Å². The summed E-state index contributed by atoms with van der Waals surface area (Å²) < 4.78 is 7.15. The Kier molecular flexibility index (Phi) is 3.28. The lowest BCUT2D eigenvalue weighted by Crippen LogP contribution is -2.08. The largest absolute Gasteiger partial charge is 0.492 e. The molecule has 0 spiro atoms. The van der Waals surface area contributed by atoms with Gasteiger partial charge in [0.25, 0.3) is 0 Å². The van der Waals surface area contributed by atoms with Gasteiger partial charge in [-0.05, 0) is 24.3 Å². The Morgan fingerprint density at radius 1 is 1.31 bits per heavy atom. The van der Waals surface area contributed by atoms with Gasteiger partial charge in [-0.3, -0.25) is 4.79 Å². The number of benzene rings is 1. The number of ether oxygens (including phenoxy) is 1. The SMILES string of the molecule is O=[C]c1ccc(OCCn2cncn2)cc1. The van der Waals surface area contributed by atoms with Gasteiger partial charge in [-0.15, -0.1) is 0 Å². The van der Waals surface area contributed by atoms with Crippen molar-refractivity contribution >= 4 is 6.29 Å². The molecule has 0 saturated carbocycles. The highest BCUT2D eigenvalue weighted by Crippen LogP contribution is 2.10.